The topological polar surface area (TPSA) is 46.3 Å². The van der Waals surface area contributed by atoms with E-state index in [1.54, 1.807) is 13.8 Å². The molecule has 1 aromatic carbocycles. The van der Waals surface area contributed by atoms with Gasteiger partial charge in [0.25, 0.3) is 5.91 Å². The van der Waals surface area contributed by atoms with Crippen molar-refractivity contribution in [3.63, 3.8) is 0 Å². The lowest BCUT2D eigenvalue weighted by atomic mass is 10.1. The first kappa shape index (κ1) is 17.6. The molecule has 2 N–H and O–H groups in total. The van der Waals surface area contributed by atoms with Crippen LogP contribution < -0.4 is 5.73 Å². The van der Waals surface area contributed by atoms with Crippen LogP contribution in [0.1, 0.15) is 37.0 Å². The number of nitrogens with zero attached hydrogens (tertiary/aromatic N) is 1. The highest BCUT2D eigenvalue weighted by atomic mass is 35.5. The van der Waals surface area contributed by atoms with Crippen molar-refractivity contribution >= 4 is 23.2 Å². The predicted octanol–water partition coefficient (Wildman–Crippen LogP) is 4.12. The van der Waals surface area contributed by atoms with Gasteiger partial charge in [0.05, 0.1) is 5.56 Å². The van der Waals surface area contributed by atoms with E-state index in [2.05, 4.69) is 0 Å². The molecule has 21 heavy (non-hydrogen) atoms. The standard InChI is InChI=1S/C14H18ClF3N2O/c1-3-10(4-2)20(8-14(16,17)18)13(21)11-6-5-9(15)7-12(11)19/h5-7,10H,3-4,8,19H2,1-2H3. The number of hydrogen-bond acceptors (Lipinski definition) is 2. The number of amides is 1. The molecule has 1 aromatic rings. The minimum atomic E-state index is -4.46. The second-order valence-electron chi connectivity index (χ2n) is 4.75. The largest absolute Gasteiger partial charge is 0.406 e. The summed E-state index contributed by atoms with van der Waals surface area (Å²) in [5, 5.41) is 0.328. The molecular weight excluding hydrogens is 305 g/mol. The highest BCUT2D eigenvalue weighted by Crippen LogP contribution is 2.25. The molecule has 0 fully saturated rings. The van der Waals surface area contributed by atoms with Gasteiger partial charge in [0.2, 0.25) is 0 Å². The zero-order valence-corrected chi connectivity index (χ0v) is 12.6. The van der Waals surface area contributed by atoms with E-state index in [0.717, 1.165) is 4.90 Å². The summed E-state index contributed by atoms with van der Waals surface area (Å²) in [4.78, 5) is 13.2. The molecule has 0 aliphatic rings. The normalized spacial score (nSPS) is 11.8. The first-order valence-electron chi connectivity index (χ1n) is 6.62. The summed E-state index contributed by atoms with van der Waals surface area (Å²) in [6.07, 6.45) is -3.59. The molecule has 0 aliphatic carbocycles. The molecule has 0 aromatic heterocycles. The molecule has 1 rings (SSSR count). The Morgan fingerprint density at radius 2 is 1.90 bits per heavy atom. The summed E-state index contributed by atoms with van der Waals surface area (Å²) in [5.74, 6) is -0.727. The van der Waals surface area contributed by atoms with Crippen LogP contribution >= 0.6 is 11.6 Å². The Balaban J connectivity index is 3.15. The zero-order valence-electron chi connectivity index (χ0n) is 11.9. The van der Waals surface area contributed by atoms with Crippen molar-refractivity contribution < 1.29 is 18.0 Å². The fourth-order valence-corrected chi connectivity index (χ4v) is 2.35. The highest BCUT2D eigenvalue weighted by molar-refractivity contribution is 6.31. The minimum absolute atomic E-state index is 0.0375. The summed E-state index contributed by atoms with van der Waals surface area (Å²) in [6.45, 7) is 2.20. The number of rotatable bonds is 5. The molecule has 0 unspecified atom stereocenters. The lowest BCUT2D eigenvalue weighted by molar-refractivity contribution is -0.144. The quantitative estimate of drug-likeness (QED) is 0.829. The molecule has 0 heterocycles. The van der Waals surface area contributed by atoms with Gasteiger partial charge in [-0.1, -0.05) is 25.4 Å². The van der Waals surface area contributed by atoms with Crippen molar-refractivity contribution in [2.75, 3.05) is 12.3 Å². The predicted molar refractivity (Wildman–Crippen MR) is 77.3 cm³/mol. The first-order valence-corrected chi connectivity index (χ1v) is 7.00. The average molecular weight is 323 g/mol. The number of carbonyl (C=O) groups excluding carboxylic acids is 1. The number of benzene rings is 1. The van der Waals surface area contributed by atoms with Crippen molar-refractivity contribution in [2.24, 2.45) is 0 Å². The van der Waals surface area contributed by atoms with Gasteiger partial charge in [-0.05, 0) is 31.0 Å². The molecule has 0 atom stereocenters. The summed E-state index contributed by atoms with van der Waals surface area (Å²) in [6, 6.07) is 3.65. The zero-order chi connectivity index (χ0) is 16.2. The van der Waals surface area contributed by atoms with Gasteiger partial charge in [-0.25, -0.2) is 0 Å². The number of hydrogen-bond donors (Lipinski definition) is 1. The van der Waals surface area contributed by atoms with Gasteiger partial charge in [-0.15, -0.1) is 0 Å². The van der Waals surface area contributed by atoms with E-state index in [4.69, 9.17) is 17.3 Å². The molecule has 1 amide bonds. The smallest absolute Gasteiger partial charge is 0.398 e. The van der Waals surface area contributed by atoms with Crippen molar-refractivity contribution in [3.05, 3.63) is 28.8 Å². The van der Waals surface area contributed by atoms with Crippen LogP contribution in [0.5, 0.6) is 0 Å². The molecular formula is C14H18ClF3N2O. The monoisotopic (exact) mass is 322 g/mol. The van der Waals surface area contributed by atoms with Crippen LogP contribution in [0.25, 0.3) is 0 Å². The van der Waals surface area contributed by atoms with Gasteiger partial charge >= 0.3 is 6.18 Å². The molecule has 3 nitrogen and oxygen atoms in total. The fraction of sp³-hybridized carbons (Fsp3) is 0.500. The maximum absolute atomic E-state index is 12.7. The second kappa shape index (κ2) is 7.02. The molecule has 7 heteroatoms. The summed E-state index contributed by atoms with van der Waals surface area (Å²) in [7, 11) is 0. The Labute approximate surface area is 126 Å². The van der Waals surface area contributed by atoms with Crippen LogP contribution in [0.15, 0.2) is 18.2 Å². The first-order chi connectivity index (χ1) is 9.69. The van der Waals surface area contributed by atoms with Gasteiger partial charge in [-0.3, -0.25) is 4.79 Å². The van der Waals surface area contributed by atoms with Crippen molar-refractivity contribution in [1.29, 1.82) is 0 Å². The number of alkyl halides is 3. The van der Waals surface area contributed by atoms with Crippen molar-refractivity contribution in [1.82, 2.24) is 4.90 Å². The van der Waals surface area contributed by atoms with E-state index in [1.165, 1.54) is 18.2 Å². The van der Waals surface area contributed by atoms with Crippen LogP contribution in [0, 0.1) is 0 Å². The average Bonchev–Trinajstić information content (AvgIpc) is 2.37. The van der Waals surface area contributed by atoms with Gasteiger partial charge in [-0.2, -0.15) is 13.2 Å². The van der Waals surface area contributed by atoms with Crippen molar-refractivity contribution in [3.8, 4) is 0 Å². The van der Waals surface area contributed by atoms with E-state index >= 15 is 0 Å². The third-order valence-corrected chi connectivity index (χ3v) is 3.47. The Kier molecular flexibility index (Phi) is 5.89. The van der Waals surface area contributed by atoms with Crippen LogP contribution in [-0.2, 0) is 0 Å². The van der Waals surface area contributed by atoms with Gasteiger partial charge in [0.15, 0.2) is 0 Å². The van der Waals surface area contributed by atoms with E-state index in [9.17, 15) is 18.0 Å². The Morgan fingerprint density at radius 3 is 2.33 bits per heavy atom. The maximum Gasteiger partial charge on any atom is 0.406 e. The summed E-state index contributed by atoms with van der Waals surface area (Å²) in [5.41, 5.74) is 5.81. The lowest BCUT2D eigenvalue weighted by Crippen LogP contribution is -2.45. The van der Waals surface area contributed by atoms with E-state index < -0.39 is 24.7 Å². The van der Waals surface area contributed by atoms with Gasteiger partial charge < -0.3 is 10.6 Å². The molecule has 0 spiro atoms. The van der Waals surface area contributed by atoms with Crippen LogP contribution in [0.3, 0.4) is 0 Å². The molecule has 118 valence electrons. The number of carbonyl (C=O) groups is 1. The van der Waals surface area contributed by atoms with Crippen LogP contribution in [-0.4, -0.2) is 29.6 Å². The number of halogens is 4. The fourth-order valence-electron chi connectivity index (χ4n) is 2.17. The number of nitrogens with two attached hydrogens (primary N) is 1. The third kappa shape index (κ3) is 4.81. The Bertz CT molecular complexity index is 501. The summed E-state index contributed by atoms with van der Waals surface area (Å²) >= 11 is 5.74. The molecule has 0 bridgehead atoms. The molecule has 0 saturated carbocycles. The molecule has 0 saturated heterocycles. The van der Waals surface area contributed by atoms with Gasteiger partial charge in [0.1, 0.15) is 6.54 Å². The van der Waals surface area contributed by atoms with E-state index in [0.29, 0.717) is 17.9 Å². The summed E-state index contributed by atoms with van der Waals surface area (Å²) < 4.78 is 38.2. The SMILES string of the molecule is CCC(CC)N(CC(F)(F)F)C(=O)c1ccc(Cl)cc1N. The number of nitrogen functional groups attached to an aromatic ring is 1. The molecule has 0 aliphatic heterocycles. The third-order valence-electron chi connectivity index (χ3n) is 3.24. The van der Waals surface area contributed by atoms with Crippen LogP contribution in [0.4, 0.5) is 18.9 Å². The Morgan fingerprint density at radius 1 is 1.33 bits per heavy atom. The van der Waals surface area contributed by atoms with Crippen LogP contribution in [0.2, 0.25) is 5.02 Å². The highest BCUT2D eigenvalue weighted by Gasteiger charge is 2.36. The molecule has 0 radical (unpaired) electrons. The maximum atomic E-state index is 12.7. The minimum Gasteiger partial charge on any atom is -0.398 e. The second-order valence-corrected chi connectivity index (χ2v) is 5.19. The number of anilines is 1. The Hall–Kier alpha value is -1.43. The lowest BCUT2D eigenvalue weighted by Gasteiger charge is -2.31. The van der Waals surface area contributed by atoms with Crippen molar-refractivity contribution in [2.45, 2.75) is 38.9 Å². The van der Waals surface area contributed by atoms with E-state index in [-0.39, 0.29) is 11.3 Å². The van der Waals surface area contributed by atoms with Gasteiger partial charge in [0, 0.05) is 16.8 Å². The van der Waals surface area contributed by atoms with E-state index in [1.807, 2.05) is 0 Å².